The molecule has 0 N–H and O–H groups in total. The highest BCUT2D eigenvalue weighted by Crippen LogP contribution is 2.26. The Morgan fingerprint density at radius 3 is 2.27 bits per heavy atom. The lowest BCUT2D eigenvalue weighted by molar-refractivity contribution is 0.116. The van der Waals surface area contributed by atoms with Crippen LogP contribution in [0, 0.1) is 0 Å². The number of alkyl halides is 2. The lowest BCUT2D eigenvalue weighted by atomic mass is 10.2. The van der Waals surface area contributed by atoms with Gasteiger partial charge >= 0.3 is 6.43 Å². The fraction of sp³-hybridized carbons (Fsp3) is 0.133. The molecule has 0 aliphatic heterocycles. The van der Waals surface area contributed by atoms with Gasteiger partial charge in [-0.05, 0) is 24.3 Å². The van der Waals surface area contributed by atoms with E-state index in [1.54, 1.807) is 24.3 Å². The van der Waals surface area contributed by atoms with Gasteiger partial charge in [0.25, 0.3) is 5.89 Å². The molecule has 0 aliphatic rings. The quantitative estimate of drug-likeness (QED) is 0.514. The first kappa shape index (κ1) is 16.8. The molecule has 0 saturated carbocycles. The largest absolute Gasteiger partial charge is 0.415 e. The second kappa shape index (κ2) is 6.58. The molecule has 132 valence electrons. The lowest BCUT2D eigenvalue weighted by Crippen LogP contribution is -2.05. The molecule has 1 aromatic carbocycles. The first-order chi connectivity index (χ1) is 12.5. The smallest absolute Gasteiger partial charge is 0.314 e. The highest BCUT2D eigenvalue weighted by atomic mass is 35.5. The SMILES string of the molecule is FC(F)c1nnc(-c2ccc(Cn3nc4cc(Cl)c(Cl)cc4n3)nc2)o1. The number of nitrogens with zero attached hydrogens (tertiary/aromatic N) is 6. The molecule has 7 nitrogen and oxygen atoms in total. The number of benzene rings is 1. The first-order valence-electron chi connectivity index (χ1n) is 7.26. The summed E-state index contributed by atoms with van der Waals surface area (Å²) in [5.41, 5.74) is 2.31. The van der Waals surface area contributed by atoms with Gasteiger partial charge in [0.2, 0.25) is 5.89 Å². The van der Waals surface area contributed by atoms with Crippen LogP contribution >= 0.6 is 23.2 Å². The lowest BCUT2D eigenvalue weighted by Gasteiger charge is -2.00. The fourth-order valence-corrected chi connectivity index (χ4v) is 2.57. The van der Waals surface area contributed by atoms with Gasteiger partial charge in [0.15, 0.2) is 0 Å². The molecule has 0 unspecified atom stereocenters. The van der Waals surface area contributed by atoms with E-state index in [9.17, 15) is 8.78 Å². The molecule has 4 aromatic rings. The van der Waals surface area contributed by atoms with Crippen LogP contribution in [0.2, 0.25) is 10.0 Å². The van der Waals surface area contributed by atoms with Crippen molar-refractivity contribution in [3.8, 4) is 11.5 Å². The predicted octanol–water partition coefficient (Wildman–Crippen LogP) is 4.17. The Kier molecular flexibility index (Phi) is 4.25. The average Bonchev–Trinajstić information content (AvgIpc) is 3.23. The van der Waals surface area contributed by atoms with Crippen LogP contribution in [0.15, 0.2) is 34.9 Å². The van der Waals surface area contributed by atoms with Crippen molar-refractivity contribution in [3.05, 3.63) is 52.1 Å². The van der Waals surface area contributed by atoms with Gasteiger partial charge < -0.3 is 4.42 Å². The van der Waals surface area contributed by atoms with E-state index in [-0.39, 0.29) is 5.89 Å². The summed E-state index contributed by atoms with van der Waals surface area (Å²) in [4.78, 5) is 5.70. The molecule has 11 heteroatoms. The van der Waals surface area contributed by atoms with Crippen LogP contribution in [0.5, 0.6) is 0 Å². The zero-order valence-corrected chi connectivity index (χ0v) is 14.3. The Balaban J connectivity index is 1.55. The van der Waals surface area contributed by atoms with Crippen LogP contribution < -0.4 is 0 Å². The number of fused-ring (bicyclic) bond motifs is 1. The van der Waals surface area contributed by atoms with Gasteiger partial charge in [-0.2, -0.15) is 23.8 Å². The van der Waals surface area contributed by atoms with E-state index in [1.165, 1.54) is 11.0 Å². The molecule has 0 saturated heterocycles. The molecule has 0 atom stereocenters. The third-order valence-corrected chi connectivity index (χ3v) is 4.19. The van der Waals surface area contributed by atoms with Crippen LogP contribution in [0.3, 0.4) is 0 Å². The topological polar surface area (TPSA) is 82.5 Å². The van der Waals surface area contributed by atoms with E-state index in [0.29, 0.717) is 38.9 Å². The highest BCUT2D eigenvalue weighted by Gasteiger charge is 2.17. The molecule has 0 amide bonds. The highest BCUT2D eigenvalue weighted by molar-refractivity contribution is 6.42. The van der Waals surface area contributed by atoms with E-state index < -0.39 is 12.3 Å². The van der Waals surface area contributed by atoms with E-state index in [1.807, 2.05) is 0 Å². The summed E-state index contributed by atoms with van der Waals surface area (Å²) >= 11 is 11.9. The number of halogens is 4. The molecule has 0 aliphatic carbocycles. The van der Waals surface area contributed by atoms with Crippen LogP contribution in [-0.2, 0) is 6.54 Å². The molecule has 0 fully saturated rings. The number of aromatic nitrogens is 6. The van der Waals surface area contributed by atoms with Crippen molar-refractivity contribution < 1.29 is 13.2 Å². The summed E-state index contributed by atoms with van der Waals surface area (Å²) in [6.45, 7) is 0.302. The standard InChI is InChI=1S/C15H8Cl2F2N6O/c16-9-3-11-12(4-10(9)17)24-25(23-11)6-8-2-1-7(5-20-8)14-21-22-15(26-14)13(18)19/h1-5,13H,6H2. The average molecular weight is 397 g/mol. The summed E-state index contributed by atoms with van der Waals surface area (Å²) in [5, 5.41) is 16.3. The molecule has 0 radical (unpaired) electrons. The maximum Gasteiger partial charge on any atom is 0.314 e. The number of rotatable bonds is 4. The second-order valence-electron chi connectivity index (χ2n) is 5.27. The Hall–Kier alpha value is -2.65. The summed E-state index contributed by atoms with van der Waals surface area (Å²) in [7, 11) is 0. The Labute approximate surface area is 154 Å². The Morgan fingerprint density at radius 1 is 1.04 bits per heavy atom. The Bertz CT molecular complexity index is 1040. The van der Waals surface area contributed by atoms with Crippen molar-refractivity contribution in [2.75, 3.05) is 0 Å². The monoisotopic (exact) mass is 396 g/mol. The molecular weight excluding hydrogens is 389 g/mol. The maximum atomic E-state index is 12.5. The Morgan fingerprint density at radius 2 is 1.73 bits per heavy atom. The van der Waals surface area contributed by atoms with Crippen molar-refractivity contribution in [2.45, 2.75) is 13.0 Å². The van der Waals surface area contributed by atoms with E-state index in [2.05, 4.69) is 25.4 Å². The zero-order valence-electron chi connectivity index (χ0n) is 12.8. The minimum absolute atomic E-state index is 0.0217. The van der Waals surface area contributed by atoms with Crippen LogP contribution in [0.25, 0.3) is 22.5 Å². The van der Waals surface area contributed by atoms with Gasteiger partial charge in [-0.1, -0.05) is 23.2 Å². The third kappa shape index (κ3) is 3.23. The summed E-state index contributed by atoms with van der Waals surface area (Å²) in [5.74, 6) is -0.750. The van der Waals surface area contributed by atoms with Gasteiger partial charge in [0.05, 0.1) is 21.3 Å². The molecule has 0 spiro atoms. The molecule has 4 rings (SSSR count). The fourth-order valence-electron chi connectivity index (χ4n) is 2.26. The van der Waals surface area contributed by atoms with Crippen molar-refractivity contribution in [1.29, 1.82) is 0 Å². The first-order valence-corrected chi connectivity index (χ1v) is 8.02. The van der Waals surface area contributed by atoms with Gasteiger partial charge in [-0.25, -0.2) is 0 Å². The van der Waals surface area contributed by atoms with Gasteiger partial charge in [0, 0.05) is 6.20 Å². The van der Waals surface area contributed by atoms with Crippen LogP contribution in [0.1, 0.15) is 18.0 Å². The summed E-state index contributed by atoms with van der Waals surface area (Å²) in [6, 6.07) is 6.60. The number of pyridine rings is 1. The molecule has 0 bridgehead atoms. The van der Waals surface area contributed by atoms with Crippen molar-refractivity contribution in [2.24, 2.45) is 0 Å². The molecule has 3 aromatic heterocycles. The van der Waals surface area contributed by atoms with Gasteiger partial charge in [-0.3, -0.25) is 4.98 Å². The van der Waals surface area contributed by atoms with Crippen molar-refractivity contribution >= 4 is 34.2 Å². The van der Waals surface area contributed by atoms with Gasteiger partial charge in [-0.15, -0.1) is 10.2 Å². The predicted molar refractivity (Wildman–Crippen MR) is 89.1 cm³/mol. The van der Waals surface area contributed by atoms with Gasteiger partial charge in [0.1, 0.15) is 17.6 Å². The normalized spacial score (nSPS) is 11.6. The minimum Gasteiger partial charge on any atom is -0.415 e. The van der Waals surface area contributed by atoms with Crippen LogP contribution in [0.4, 0.5) is 8.78 Å². The number of hydrogen-bond donors (Lipinski definition) is 0. The zero-order chi connectivity index (χ0) is 18.3. The van der Waals surface area contributed by atoms with Crippen molar-refractivity contribution in [1.82, 2.24) is 30.2 Å². The third-order valence-electron chi connectivity index (χ3n) is 3.47. The van der Waals surface area contributed by atoms with E-state index >= 15 is 0 Å². The van der Waals surface area contributed by atoms with Crippen LogP contribution in [-0.4, -0.2) is 30.2 Å². The minimum atomic E-state index is -2.81. The second-order valence-corrected chi connectivity index (χ2v) is 6.08. The van der Waals surface area contributed by atoms with E-state index in [0.717, 1.165) is 0 Å². The van der Waals surface area contributed by atoms with E-state index in [4.69, 9.17) is 27.6 Å². The summed E-state index contributed by atoms with van der Waals surface area (Å²) in [6.07, 6.45) is -1.36. The molecule has 3 heterocycles. The molecular formula is C15H8Cl2F2N6O. The summed E-state index contributed by atoms with van der Waals surface area (Å²) < 4.78 is 29.9. The maximum absolute atomic E-state index is 12.5. The molecule has 26 heavy (non-hydrogen) atoms. The van der Waals surface area contributed by atoms with Crippen molar-refractivity contribution in [3.63, 3.8) is 0 Å². The number of hydrogen-bond acceptors (Lipinski definition) is 6.